The molecular formula is C16H21NO3. The summed E-state index contributed by atoms with van der Waals surface area (Å²) in [5.74, 6) is -0.160. The van der Waals surface area contributed by atoms with Crippen LogP contribution >= 0.6 is 0 Å². The van der Waals surface area contributed by atoms with Crippen molar-refractivity contribution in [3.8, 4) is 0 Å². The van der Waals surface area contributed by atoms with Crippen LogP contribution in [0.2, 0.25) is 0 Å². The number of aliphatic hydroxyl groups excluding tert-OH is 2. The first-order chi connectivity index (χ1) is 9.59. The number of benzene rings is 1. The van der Waals surface area contributed by atoms with Crippen LogP contribution in [0.3, 0.4) is 0 Å². The number of carbonyl (C=O) groups excluding carboxylic acids is 1. The van der Waals surface area contributed by atoms with Gasteiger partial charge >= 0.3 is 0 Å². The monoisotopic (exact) mass is 275 g/mol. The van der Waals surface area contributed by atoms with Gasteiger partial charge in [0.05, 0.1) is 12.1 Å². The van der Waals surface area contributed by atoms with E-state index in [4.69, 9.17) is 0 Å². The van der Waals surface area contributed by atoms with Gasteiger partial charge < -0.3 is 15.1 Å². The van der Waals surface area contributed by atoms with Crippen LogP contribution in [-0.2, 0) is 4.79 Å². The maximum absolute atomic E-state index is 12.1. The zero-order valence-electron chi connectivity index (χ0n) is 11.6. The molecular weight excluding hydrogens is 254 g/mol. The van der Waals surface area contributed by atoms with Crippen molar-refractivity contribution in [1.82, 2.24) is 4.90 Å². The number of aliphatic hydroxyl groups is 2. The summed E-state index contributed by atoms with van der Waals surface area (Å²) in [6.07, 6.45) is 3.81. The SMILES string of the molecule is CN(C(=O)/C=C/c1ccccc1)[C@@H]1CCC[C@@H](O)[C@@H]1O. The predicted molar refractivity (Wildman–Crippen MR) is 77.9 cm³/mol. The molecule has 108 valence electrons. The Bertz CT molecular complexity index is 472. The van der Waals surface area contributed by atoms with E-state index in [0.717, 1.165) is 18.4 Å². The van der Waals surface area contributed by atoms with Crippen molar-refractivity contribution >= 4 is 12.0 Å². The third kappa shape index (κ3) is 3.46. The summed E-state index contributed by atoms with van der Waals surface area (Å²) in [5.41, 5.74) is 0.957. The van der Waals surface area contributed by atoms with Gasteiger partial charge in [0, 0.05) is 13.1 Å². The molecule has 3 atom stereocenters. The highest BCUT2D eigenvalue weighted by atomic mass is 16.3. The van der Waals surface area contributed by atoms with Crippen LogP contribution in [-0.4, -0.2) is 46.3 Å². The van der Waals surface area contributed by atoms with E-state index in [9.17, 15) is 15.0 Å². The molecule has 1 amide bonds. The van der Waals surface area contributed by atoms with Crippen molar-refractivity contribution in [2.45, 2.75) is 37.5 Å². The second-order valence-corrected chi connectivity index (χ2v) is 5.25. The van der Waals surface area contributed by atoms with Gasteiger partial charge in [-0.3, -0.25) is 4.79 Å². The first-order valence-corrected chi connectivity index (χ1v) is 6.95. The van der Waals surface area contributed by atoms with Crippen molar-refractivity contribution in [2.24, 2.45) is 0 Å². The molecule has 4 heteroatoms. The van der Waals surface area contributed by atoms with E-state index in [1.165, 1.54) is 11.0 Å². The van der Waals surface area contributed by atoms with Crippen LogP contribution in [0.5, 0.6) is 0 Å². The molecule has 2 rings (SSSR count). The summed E-state index contributed by atoms with van der Waals surface area (Å²) in [5, 5.41) is 19.7. The van der Waals surface area contributed by atoms with E-state index in [-0.39, 0.29) is 11.9 Å². The molecule has 1 saturated carbocycles. The number of rotatable bonds is 3. The highest BCUT2D eigenvalue weighted by Gasteiger charge is 2.34. The summed E-state index contributed by atoms with van der Waals surface area (Å²) in [6, 6.07) is 9.27. The summed E-state index contributed by atoms with van der Waals surface area (Å²) < 4.78 is 0. The lowest BCUT2D eigenvalue weighted by Crippen LogP contribution is -2.51. The zero-order valence-corrected chi connectivity index (χ0v) is 11.6. The van der Waals surface area contributed by atoms with Gasteiger partial charge in [-0.05, 0) is 30.9 Å². The van der Waals surface area contributed by atoms with Crippen LogP contribution < -0.4 is 0 Å². The van der Waals surface area contributed by atoms with Crippen molar-refractivity contribution < 1.29 is 15.0 Å². The minimum Gasteiger partial charge on any atom is -0.390 e. The van der Waals surface area contributed by atoms with Crippen molar-refractivity contribution in [3.05, 3.63) is 42.0 Å². The van der Waals surface area contributed by atoms with Gasteiger partial charge in [-0.15, -0.1) is 0 Å². The molecule has 0 radical (unpaired) electrons. The molecule has 0 aliphatic heterocycles. The molecule has 0 aromatic heterocycles. The number of nitrogens with zero attached hydrogens (tertiary/aromatic N) is 1. The summed E-state index contributed by atoms with van der Waals surface area (Å²) in [6.45, 7) is 0. The Hall–Kier alpha value is -1.65. The quantitative estimate of drug-likeness (QED) is 0.820. The van der Waals surface area contributed by atoms with Gasteiger partial charge in [0.1, 0.15) is 6.10 Å². The Kier molecular flexibility index (Phi) is 4.93. The Morgan fingerprint density at radius 1 is 1.25 bits per heavy atom. The Labute approximate surface area is 119 Å². The Morgan fingerprint density at radius 3 is 2.65 bits per heavy atom. The fourth-order valence-corrected chi connectivity index (χ4v) is 2.57. The van der Waals surface area contributed by atoms with Crippen LogP contribution in [0.15, 0.2) is 36.4 Å². The standard InChI is InChI=1S/C16H21NO3/c1-17(13-8-5-9-14(18)16(13)20)15(19)11-10-12-6-3-2-4-7-12/h2-4,6-7,10-11,13-14,16,18,20H,5,8-9H2,1H3/b11-10+/t13-,14-,16-/m1/s1. The molecule has 20 heavy (non-hydrogen) atoms. The normalized spacial score (nSPS) is 26.6. The van der Waals surface area contributed by atoms with Crippen molar-refractivity contribution in [2.75, 3.05) is 7.05 Å². The van der Waals surface area contributed by atoms with Gasteiger partial charge in [0.25, 0.3) is 0 Å². The third-order valence-corrected chi connectivity index (χ3v) is 3.85. The molecule has 0 saturated heterocycles. The molecule has 4 nitrogen and oxygen atoms in total. The van der Waals surface area contributed by atoms with Crippen LogP contribution in [0.4, 0.5) is 0 Å². The molecule has 1 aliphatic carbocycles. The fraction of sp³-hybridized carbons (Fsp3) is 0.438. The first kappa shape index (κ1) is 14.8. The highest BCUT2D eigenvalue weighted by molar-refractivity contribution is 5.91. The second kappa shape index (κ2) is 6.68. The number of hydrogen-bond donors (Lipinski definition) is 2. The van der Waals surface area contributed by atoms with Gasteiger partial charge in [0.15, 0.2) is 0 Å². The maximum Gasteiger partial charge on any atom is 0.246 e. The van der Waals surface area contributed by atoms with Gasteiger partial charge in [-0.1, -0.05) is 30.3 Å². The molecule has 1 fully saturated rings. The summed E-state index contributed by atoms with van der Waals surface area (Å²) >= 11 is 0. The van der Waals surface area contributed by atoms with Crippen molar-refractivity contribution in [3.63, 3.8) is 0 Å². The largest absolute Gasteiger partial charge is 0.390 e. The molecule has 1 aliphatic rings. The van der Waals surface area contributed by atoms with Crippen molar-refractivity contribution in [1.29, 1.82) is 0 Å². The lowest BCUT2D eigenvalue weighted by Gasteiger charge is -2.37. The molecule has 0 unspecified atom stereocenters. The Balaban J connectivity index is 2.00. The molecule has 0 spiro atoms. The molecule has 1 aromatic rings. The fourth-order valence-electron chi connectivity index (χ4n) is 2.57. The minimum absolute atomic E-state index is 0.160. The van der Waals surface area contributed by atoms with E-state index in [0.29, 0.717) is 6.42 Å². The number of hydrogen-bond acceptors (Lipinski definition) is 3. The van der Waals surface area contributed by atoms with E-state index in [1.54, 1.807) is 13.1 Å². The van der Waals surface area contributed by atoms with E-state index < -0.39 is 12.2 Å². The minimum atomic E-state index is -0.858. The average molecular weight is 275 g/mol. The lowest BCUT2D eigenvalue weighted by atomic mass is 9.89. The van der Waals surface area contributed by atoms with Gasteiger partial charge in [0.2, 0.25) is 5.91 Å². The van der Waals surface area contributed by atoms with Crippen LogP contribution in [0, 0.1) is 0 Å². The van der Waals surface area contributed by atoms with E-state index in [1.807, 2.05) is 30.3 Å². The lowest BCUT2D eigenvalue weighted by molar-refractivity contribution is -0.133. The highest BCUT2D eigenvalue weighted by Crippen LogP contribution is 2.23. The zero-order chi connectivity index (χ0) is 14.5. The van der Waals surface area contributed by atoms with Crippen LogP contribution in [0.25, 0.3) is 6.08 Å². The number of amides is 1. The predicted octanol–water partition coefficient (Wildman–Crippen LogP) is 1.43. The van der Waals surface area contributed by atoms with Gasteiger partial charge in [-0.25, -0.2) is 0 Å². The third-order valence-electron chi connectivity index (χ3n) is 3.85. The summed E-state index contributed by atoms with van der Waals surface area (Å²) in [4.78, 5) is 13.6. The average Bonchev–Trinajstić information content (AvgIpc) is 2.48. The van der Waals surface area contributed by atoms with E-state index >= 15 is 0 Å². The second-order valence-electron chi connectivity index (χ2n) is 5.25. The summed E-state index contributed by atoms with van der Waals surface area (Å²) in [7, 11) is 1.67. The topological polar surface area (TPSA) is 60.8 Å². The number of likely N-dealkylation sites (N-methyl/N-ethyl adjacent to an activating group) is 1. The number of carbonyl (C=O) groups is 1. The smallest absolute Gasteiger partial charge is 0.246 e. The molecule has 0 bridgehead atoms. The van der Waals surface area contributed by atoms with Gasteiger partial charge in [-0.2, -0.15) is 0 Å². The molecule has 0 heterocycles. The Morgan fingerprint density at radius 2 is 1.95 bits per heavy atom. The van der Waals surface area contributed by atoms with E-state index in [2.05, 4.69) is 0 Å². The first-order valence-electron chi connectivity index (χ1n) is 6.95. The molecule has 1 aromatic carbocycles. The molecule has 2 N–H and O–H groups in total. The van der Waals surface area contributed by atoms with Crippen LogP contribution in [0.1, 0.15) is 24.8 Å². The maximum atomic E-state index is 12.1.